The van der Waals surface area contributed by atoms with E-state index in [1.807, 2.05) is 0 Å². The predicted octanol–water partition coefficient (Wildman–Crippen LogP) is 6.09. The molecule has 132 valence electrons. The molecular formula is C21H23BrClNS. The molecule has 2 aromatic carbocycles. The van der Waals surface area contributed by atoms with Crippen molar-refractivity contribution >= 4 is 39.3 Å². The van der Waals surface area contributed by atoms with Gasteiger partial charge in [0.05, 0.1) is 0 Å². The summed E-state index contributed by atoms with van der Waals surface area (Å²) in [6.07, 6.45) is 1.30. The fourth-order valence-corrected chi connectivity index (χ4v) is 7.38. The SMILES string of the molecule is Cc1cc(S[C@H]2C[C@H]3CN(Cc4ccccc4)[C@H]2[C@H]3Br)c(C)cc1Cl. The zero-order valence-electron chi connectivity index (χ0n) is 14.6. The van der Waals surface area contributed by atoms with Crippen molar-refractivity contribution in [2.75, 3.05) is 6.54 Å². The second kappa shape index (κ2) is 7.26. The van der Waals surface area contributed by atoms with Gasteiger partial charge >= 0.3 is 0 Å². The van der Waals surface area contributed by atoms with Gasteiger partial charge in [0, 0.05) is 39.1 Å². The molecule has 2 aliphatic rings. The van der Waals surface area contributed by atoms with Crippen LogP contribution < -0.4 is 0 Å². The smallest absolute Gasteiger partial charge is 0.0438 e. The van der Waals surface area contributed by atoms with Crippen LogP contribution in [0.4, 0.5) is 0 Å². The van der Waals surface area contributed by atoms with Gasteiger partial charge < -0.3 is 0 Å². The summed E-state index contributed by atoms with van der Waals surface area (Å²) in [5, 5.41) is 1.52. The van der Waals surface area contributed by atoms with Gasteiger partial charge in [-0.15, -0.1) is 11.8 Å². The zero-order chi connectivity index (χ0) is 17.6. The van der Waals surface area contributed by atoms with E-state index in [1.54, 1.807) is 0 Å². The molecule has 4 heteroatoms. The average Bonchev–Trinajstić information content (AvgIpc) is 3.04. The van der Waals surface area contributed by atoms with Gasteiger partial charge in [0.25, 0.3) is 0 Å². The summed E-state index contributed by atoms with van der Waals surface area (Å²) in [5.41, 5.74) is 3.88. The molecule has 0 spiro atoms. The van der Waals surface area contributed by atoms with Gasteiger partial charge in [-0.05, 0) is 55.0 Å². The fourth-order valence-electron chi connectivity index (χ4n) is 4.24. The van der Waals surface area contributed by atoms with E-state index in [-0.39, 0.29) is 0 Å². The van der Waals surface area contributed by atoms with Crippen molar-refractivity contribution in [3.8, 4) is 0 Å². The Morgan fingerprint density at radius 3 is 2.64 bits per heavy atom. The first kappa shape index (κ1) is 17.9. The summed E-state index contributed by atoms with van der Waals surface area (Å²) < 4.78 is 0. The minimum atomic E-state index is 0.602. The maximum Gasteiger partial charge on any atom is 0.0438 e. The fraction of sp³-hybridized carbons (Fsp3) is 0.429. The van der Waals surface area contributed by atoms with E-state index in [2.05, 4.69) is 88.9 Å². The van der Waals surface area contributed by atoms with Crippen molar-refractivity contribution < 1.29 is 0 Å². The number of likely N-dealkylation sites (tertiary alicyclic amines) is 1. The molecule has 0 aromatic heterocycles. The van der Waals surface area contributed by atoms with Gasteiger partial charge in [-0.2, -0.15) is 0 Å². The maximum atomic E-state index is 6.28. The largest absolute Gasteiger partial charge is 0.294 e. The van der Waals surface area contributed by atoms with E-state index in [9.17, 15) is 0 Å². The Labute approximate surface area is 168 Å². The molecular weight excluding hydrogens is 414 g/mol. The van der Waals surface area contributed by atoms with Gasteiger partial charge in [0.15, 0.2) is 0 Å². The maximum absolute atomic E-state index is 6.28. The number of aryl methyl sites for hydroxylation is 2. The highest BCUT2D eigenvalue weighted by atomic mass is 79.9. The topological polar surface area (TPSA) is 3.24 Å². The molecule has 1 saturated heterocycles. The summed E-state index contributed by atoms with van der Waals surface area (Å²) in [4.78, 5) is 4.68. The van der Waals surface area contributed by atoms with Crippen LogP contribution in [0.25, 0.3) is 0 Å². The van der Waals surface area contributed by atoms with Crippen molar-refractivity contribution in [3.05, 3.63) is 64.2 Å². The molecule has 0 N–H and O–H groups in total. The van der Waals surface area contributed by atoms with Crippen molar-refractivity contribution in [1.29, 1.82) is 0 Å². The third-order valence-electron chi connectivity index (χ3n) is 5.55. The number of rotatable bonds is 4. The molecule has 2 bridgehead atoms. The number of thioether (sulfide) groups is 1. The van der Waals surface area contributed by atoms with E-state index in [4.69, 9.17) is 11.6 Å². The number of benzene rings is 2. The molecule has 1 saturated carbocycles. The first-order valence-corrected chi connectivity index (χ1v) is 11.1. The van der Waals surface area contributed by atoms with E-state index in [1.165, 1.54) is 34.6 Å². The summed E-state index contributed by atoms with van der Waals surface area (Å²) >= 11 is 12.3. The minimum Gasteiger partial charge on any atom is -0.294 e. The van der Waals surface area contributed by atoms with Gasteiger partial charge in [0.1, 0.15) is 0 Å². The van der Waals surface area contributed by atoms with E-state index in [0.29, 0.717) is 16.1 Å². The van der Waals surface area contributed by atoms with Gasteiger partial charge in [-0.3, -0.25) is 4.90 Å². The Kier molecular flexibility index (Phi) is 5.20. The molecule has 1 aliphatic carbocycles. The molecule has 2 aromatic rings. The summed E-state index contributed by atoms with van der Waals surface area (Å²) in [5.74, 6) is 0.764. The standard InChI is InChI=1S/C21H23BrClNS/c1-13-9-18(14(2)8-17(13)23)25-19-10-16-12-24(21(19)20(16)22)11-15-6-4-3-5-7-15/h3-9,16,19-21H,10-12H2,1-2H3/t16-,19-,20-,21+/m0/s1. The van der Waals surface area contributed by atoms with E-state index < -0.39 is 0 Å². The summed E-state index contributed by atoms with van der Waals surface area (Å²) in [7, 11) is 0. The van der Waals surface area contributed by atoms with E-state index >= 15 is 0 Å². The van der Waals surface area contributed by atoms with Crippen LogP contribution in [0.15, 0.2) is 47.4 Å². The molecule has 4 rings (SSSR count). The molecule has 4 atom stereocenters. The number of alkyl halides is 1. The summed E-state index contributed by atoms with van der Waals surface area (Å²) in [6, 6.07) is 15.8. The second-order valence-corrected chi connectivity index (χ2v) is 10.1. The van der Waals surface area contributed by atoms with Crippen LogP contribution in [0, 0.1) is 19.8 Å². The third kappa shape index (κ3) is 3.53. The number of piperidine rings is 1. The quantitative estimate of drug-likeness (QED) is 0.534. The molecule has 0 amide bonds. The zero-order valence-corrected chi connectivity index (χ0v) is 17.7. The average molecular weight is 437 g/mol. The van der Waals surface area contributed by atoms with Crippen LogP contribution in [-0.4, -0.2) is 27.6 Å². The van der Waals surface area contributed by atoms with Crippen LogP contribution in [0.5, 0.6) is 0 Å². The lowest BCUT2D eigenvalue weighted by Gasteiger charge is -2.33. The summed E-state index contributed by atoms with van der Waals surface area (Å²) in [6.45, 7) is 6.54. The Bertz CT molecular complexity index is 766. The molecule has 1 aliphatic heterocycles. The number of halogens is 2. The van der Waals surface area contributed by atoms with Crippen LogP contribution in [0.2, 0.25) is 5.02 Å². The predicted molar refractivity (Wildman–Crippen MR) is 112 cm³/mol. The van der Waals surface area contributed by atoms with Crippen molar-refractivity contribution in [3.63, 3.8) is 0 Å². The van der Waals surface area contributed by atoms with E-state index in [0.717, 1.165) is 17.5 Å². The Morgan fingerprint density at radius 2 is 1.92 bits per heavy atom. The number of hydrogen-bond donors (Lipinski definition) is 0. The minimum absolute atomic E-state index is 0.602. The molecule has 0 radical (unpaired) electrons. The molecule has 0 unspecified atom stereocenters. The van der Waals surface area contributed by atoms with Gasteiger partial charge in [-0.1, -0.05) is 57.9 Å². The molecule has 25 heavy (non-hydrogen) atoms. The van der Waals surface area contributed by atoms with Crippen LogP contribution in [0.3, 0.4) is 0 Å². The molecule has 2 fully saturated rings. The van der Waals surface area contributed by atoms with Gasteiger partial charge in [0.2, 0.25) is 0 Å². The number of hydrogen-bond acceptors (Lipinski definition) is 2. The van der Waals surface area contributed by atoms with Crippen molar-refractivity contribution in [2.24, 2.45) is 5.92 Å². The Balaban J connectivity index is 1.53. The molecule has 1 nitrogen and oxygen atoms in total. The highest BCUT2D eigenvalue weighted by molar-refractivity contribution is 9.09. The van der Waals surface area contributed by atoms with Crippen LogP contribution in [-0.2, 0) is 6.54 Å². The lowest BCUT2D eigenvalue weighted by atomic mass is 10.1. The monoisotopic (exact) mass is 435 g/mol. The second-order valence-electron chi connectivity index (χ2n) is 7.37. The third-order valence-corrected chi connectivity index (χ3v) is 8.71. The van der Waals surface area contributed by atoms with Crippen molar-refractivity contribution in [1.82, 2.24) is 4.90 Å². The van der Waals surface area contributed by atoms with Crippen molar-refractivity contribution in [2.45, 2.75) is 47.8 Å². The lowest BCUT2D eigenvalue weighted by Crippen LogP contribution is -2.40. The highest BCUT2D eigenvalue weighted by Crippen LogP contribution is 2.50. The van der Waals surface area contributed by atoms with Crippen LogP contribution in [0.1, 0.15) is 23.1 Å². The van der Waals surface area contributed by atoms with Gasteiger partial charge in [-0.25, -0.2) is 0 Å². The number of nitrogens with zero attached hydrogens (tertiary/aromatic N) is 1. The Hall–Kier alpha value is -0.480. The highest BCUT2D eigenvalue weighted by Gasteiger charge is 2.51. The van der Waals surface area contributed by atoms with Crippen LogP contribution >= 0.6 is 39.3 Å². The Morgan fingerprint density at radius 1 is 1.16 bits per heavy atom. The first-order chi connectivity index (χ1) is 12.0. The lowest BCUT2D eigenvalue weighted by molar-refractivity contribution is 0.211. The first-order valence-electron chi connectivity index (χ1n) is 8.88. The molecule has 1 heterocycles. The normalized spacial score (nSPS) is 28.6. The number of fused-ring (bicyclic) bond motifs is 2.